The fraction of sp³-hybridized carbons (Fsp3) is 0.640. The summed E-state index contributed by atoms with van der Waals surface area (Å²) < 4.78 is 6.39. The Kier molecular flexibility index (Phi) is 6.51. The van der Waals surface area contributed by atoms with E-state index in [1.54, 1.807) is 4.90 Å². The number of unbranched alkanes of at least 4 members (excludes halogenated alkanes) is 1. The van der Waals surface area contributed by atoms with E-state index in [9.17, 15) is 19.5 Å². The van der Waals surface area contributed by atoms with E-state index in [0.29, 0.717) is 38.8 Å². The number of nitrogens with zero attached hydrogens (tertiary/aromatic N) is 1. The molecule has 1 aromatic rings. The smallest absolute Gasteiger partial charge is 0.246 e. The fourth-order valence-electron chi connectivity index (χ4n) is 5.73. The van der Waals surface area contributed by atoms with Gasteiger partial charge in [-0.25, -0.2) is 0 Å². The van der Waals surface area contributed by atoms with Crippen LogP contribution >= 0.6 is 0 Å². The molecule has 1 aromatic carbocycles. The molecule has 3 amide bonds. The molecule has 3 fully saturated rings. The van der Waals surface area contributed by atoms with Crippen LogP contribution in [0.5, 0.6) is 0 Å². The van der Waals surface area contributed by atoms with Gasteiger partial charge in [-0.05, 0) is 52.0 Å². The molecule has 33 heavy (non-hydrogen) atoms. The maximum atomic E-state index is 13.7. The summed E-state index contributed by atoms with van der Waals surface area (Å²) in [6, 6.07) is 8.86. The second kappa shape index (κ2) is 9.06. The Morgan fingerprint density at radius 1 is 1.18 bits per heavy atom. The lowest BCUT2D eigenvalue weighted by atomic mass is 9.70. The van der Waals surface area contributed by atoms with Crippen molar-refractivity contribution < 1.29 is 24.2 Å². The molecule has 0 aliphatic carbocycles. The van der Waals surface area contributed by atoms with Crippen LogP contribution in [0.15, 0.2) is 30.3 Å². The van der Waals surface area contributed by atoms with Gasteiger partial charge in [0.2, 0.25) is 17.7 Å². The van der Waals surface area contributed by atoms with Crippen molar-refractivity contribution in [2.45, 2.75) is 76.3 Å². The van der Waals surface area contributed by atoms with Gasteiger partial charge in [0.1, 0.15) is 11.6 Å². The third-order valence-corrected chi connectivity index (χ3v) is 6.97. The second-order valence-corrected chi connectivity index (χ2v) is 10.5. The third kappa shape index (κ3) is 4.38. The van der Waals surface area contributed by atoms with E-state index in [-0.39, 0.29) is 30.4 Å². The van der Waals surface area contributed by atoms with Crippen molar-refractivity contribution in [2.75, 3.05) is 13.2 Å². The molecule has 3 aliphatic heterocycles. The van der Waals surface area contributed by atoms with Crippen LogP contribution in [0.4, 0.5) is 0 Å². The lowest BCUT2D eigenvalue weighted by molar-refractivity contribution is -0.142. The third-order valence-electron chi connectivity index (χ3n) is 6.97. The number of likely N-dealkylation sites (tertiary alicyclic amines) is 1. The maximum Gasteiger partial charge on any atom is 0.246 e. The van der Waals surface area contributed by atoms with E-state index in [1.165, 1.54) is 0 Å². The number of ether oxygens (including phenoxy) is 1. The molecule has 0 radical (unpaired) electrons. The van der Waals surface area contributed by atoms with Gasteiger partial charge in [0.05, 0.1) is 17.9 Å². The minimum absolute atomic E-state index is 0.0263. The summed E-state index contributed by atoms with van der Waals surface area (Å²) in [5.41, 5.74) is -0.463. The summed E-state index contributed by atoms with van der Waals surface area (Å²) in [7, 11) is 0. The average molecular weight is 458 g/mol. The highest BCUT2D eigenvalue weighted by Crippen LogP contribution is 2.58. The monoisotopic (exact) mass is 457 g/mol. The molecular weight excluding hydrogens is 422 g/mol. The minimum Gasteiger partial charge on any atom is -0.396 e. The van der Waals surface area contributed by atoms with Crippen LogP contribution in [-0.4, -0.2) is 64.2 Å². The normalized spacial score (nSPS) is 30.4. The van der Waals surface area contributed by atoms with Gasteiger partial charge in [-0.2, -0.15) is 0 Å². The summed E-state index contributed by atoms with van der Waals surface area (Å²) in [4.78, 5) is 42.0. The number of benzene rings is 1. The molecule has 0 saturated carbocycles. The van der Waals surface area contributed by atoms with Crippen molar-refractivity contribution in [3.63, 3.8) is 0 Å². The minimum atomic E-state index is -0.981. The quantitative estimate of drug-likeness (QED) is 0.511. The SMILES string of the molecule is CC(C)(C)NC(=O)C1N(CCCCO)C(=O)[C@@H]2[C@H](C(=O)NCc3ccccc3)[C@@H]3CCC12O3. The lowest BCUT2D eigenvalue weighted by Crippen LogP contribution is -2.58. The Morgan fingerprint density at radius 3 is 2.58 bits per heavy atom. The standard InChI is InChI=1S/C25H35N3O5/c1-24(2,3)27-22(31)20-25-12-11-17(33-25)18(19(25)23(32)28(20)13-7-8-14-29)21(30)26-15-16-9-5-4-6-10-16/h4-6,9-10,17-20,29H,7-8,11-15H2,1-3H3,(H,26,30)(H,27,31)/t17-,18+,19-,20?,25?/m0/s1. The summed E-state index contributed by atoms with van der Waals surface area (Å²) >= 11 is 0. The molecule has 3 saturated heterocycles. The predicted octanol–water partition coefficient (Wildman–Crippen LogP) is 1.36. The Hall–Kier alpha value is -2.45. The van der Waals surface area contributed by atoms with Gasteiger partial charge < -0.3 is 25.4 Å². The van der Waals surface area contributed by atoms with Crippen molar-refractivity contribution in [2.24, 2.45) is 11.8 Å². The summed E-state index contributed by atoms with van der Waals surface area (Å²) in [6.07, 6.45) is 1.99. The first-order valence-electron chi connectivity index (χ1n) is 11.9. The van der Waals surface area contributed by atoms with Gasteiger partial charge in [0, 0.05) is 25.2 Å². The molecule has 1 spiro atoms. The van der Waals surface area contributed by atoms with Crippen LogP contribution in [0, 0.1) is 11.8 Å². The van der Waals surface area contributed by atoms with Gasteiger partial charge in [-0.1, -0.05) is 30.3 Å². The fourth-order valence-corrected chi connectivity index (χ4v) is 5.73. The van der Waals surface area contributed by atoms with Gasteiger partial charge in [0.15, 0.2) is 0 Å². The Morgan fingerprint density at radius 2 is 1.91 bits per heavy atom. The number of rotatable bonds is 8. The second-order valence-electron chi connectivity index (χ2n) is 10.5. The summed E-state index contributed by atoms with van der Waals surface area (Å²) in [6.45, 7) is 6.47. The molecule has 4 rings (SSSR count). The Balaban J connectivity index is 1.59. The maximum absolute atomic E-state index is 13.7. The first kappa shape index (κ1) is 23.7. The topological polar surface area (TPSA) is 108 Å². The van der Waals surface area contributed by atoms with Crippen LogP contribution in [-0.2, 0) is 25.7 Å². The van der Waals surface area contributed by atoms with Crippen LogP contribution in [0.2, 0.25) is 0 Å². The van der Waals surface area contributed by atoms with E-state index in [2.05, 4.69) is 10.6 Å². The van der Waals surface area contributed by atoms with E-state index in [1.807, 2.05) is 51.1 Å². The first-order valence-corrected chi connectivity index (χ1v) is 11.9. The zero-order chi connectivity index (χ0) is 23.8. The Labute approximate surface area is 195 Å². The molecule has 8 heteroatoms. The first-order chi connectivity index (χ1) is 15.7. The highest BCUT2D eigenvalue weighted by molar-refractivity contribution is 5.99. The van der Waals surface area contributed by atoms with Crippen LogP contribution in [0.25, 0.3) is 0 Å². The molecule has 8 nitrogen and oxygen atoms in total. The zero-order valence-corrected chi connectivity index (χ0v) is 19.7. The number of carbonyl (C=O) groups is 3. The van der Waals surface area contributed by atoms with Gasteiger partial charge in [-0.15, -0.1) is 0 Å². The number of carbonyl (C=O) groups excluding carboxylic acids is 3. The van der Waals surface area contributed by atoms with Crippen molar-refractivity contribution in [1.29, 1.82) is 0 Å². The van der Waals surface area contributed by atoms with Crippen molar-refractivity contribution in [1.82, 2.24) is 15.5 Å². The van der Waals surface area contributed by atoms with Crippen LogP contribution in [0.1, 0.15) is 52.0 Å². The van der Waals surface area contributed by atoms with Gasteiger partial charge in [-0.3, -0.25) is 14.4 Å². The highest BCUT2D eigenvalue weighted by Gasteiger charge is 2.74. The number of aliphatic hydroxyl groups is 1. The number of fused-ring (bicyclic) bond motifs is 1. The summed E-state index contributed by atoms with van der Waals surface area (Å²) in [5.74, 6) is -1.91. The molecule has 2 unspecified atom stereocenters. The van der Waals surface area contributed by atoms with E-state index < -0.39 is 29.0 Å². The van der Waals surface area contributed by atoms with E-state index >= 15 is 0 Å². The number of hydrogen-bond donors (Lipinski definition) is 3. The molecule has 5 atom stereocenters. The average Bonchev–Trinajstić information content (AvgIpc) is 3.39. The molecule has 3 heterocycles. The highest BCUT2D eigenvalue weighted by atomic mass is 16.5. The molecule has 3 aliphatic rings. The zero-order valence-electron chi connectivity index (χ0n) is 19.7. The van der Waals surface area contributed by atoms with Crippen molar-refractivity contribution in [3.8, 4) is 0 Å². The molecule has 3 N–H and O–H groups in total. The molecular formula is C25H35N3O5. The van der Waals surface area contributed by atoms with Crippen molar-refractivity contribution >= 4 is 17.7 Å². The molecule has 180 valence electrons. The van der Waals surface area contributed by atoms with Gasteiger partial charge in [0.25, 0.3) is 0 Å². The molecule has 2 bridgehead atoms. The number of hydrogen-bond acceptors (Lipinski definition) is 5. The number of aliphatic hydroxyl groups excluding tert-OH is 1. The number of amides is 3. The summed E-state index contributed by atoms with van der Waals surface area (Å²) in [5, 5.41) is 15.2. The predicted molar refractivity (Wildman–Crippen MR) is 122 cm³/mol. The van der Waals surface area contributed by atoms with Gasteiger partial charge >= 0.3 is 0 Å². The van der Waals surface area contributed by atoms with Crippen molar-refractivity contribution in [3.05, 3.63) is 35.9 Å². The van der Waals surface area contributed by atoms with Crippen LogP contribution < -0.4 is 10.6 Å². The largest absolute Gasteiger partial charge is 0.396 e. The van der Waals surface area contributed by atoms with Crippen LogP contribution in [0.3, 0.4) is 0 Å². The van der Waals surface area contributed by atoms with E-state index in [0.717, 1.165) is 5.56 Å². The van der Waals surface area contributed by atoms with E-state index in [4.69, 9.17) is 4.74 Å². The molecule has 0 aromatic heterocycles. The lowest BCUT2D eigenvalue weighted by Gasteiger charge is -2.35. The number of nitrogens with one attached hydrogen (secondary N) is 2. The Bertz CT molecular complexity index is 899.